The number of carbonyl (C=O) groups excluding carboxylic acids is 1. The molecule has 20 heavy (non-hydrogen) atoms. The van der Waals surface area contributed by atoms with Crippen molar-refractivity contribution in [3.63, 3.8) is 0 Å². The molecule has 2 amide bonds. The molecule has 2 aliphatic rings. The zero-order valence-electron chi connectivity index (χ0n) is 12.2. The quantitative estimate of drug-likeness (QED) is 0.850. The van der Waals surface area contributed by atoms with E-state index in [1.54, 1.807) is 0 Å². The number of nitrogens with zero attached hydrogens (tertiary/aromatic N) is 2. The van der Waals surface area contributed by atoms with Crippen LogP contribution in [0.4, 0.5) is 4.79 Å². The van der Waals surface area contributed by atoms with Crippen molar-refractivity contribution < 1.29 is 19.4 Å². The number of rotatable bonds is 3. The summed E-state index contributed by atoms with van der Waals surface area (Å²) >= 11 is 0. The molecule has 2 aliphatic heterocycles. The molecular formula is C14H24N2O4. The van der Waals surface area contributed by atoms with Crippen LogP contribution < -0.4 is 0 Å². The summed E-state index contributed by atoms with van der Waals surface area (Å²) in [6.07, 6.45) is 2.47. The Morgan fingerprint density at radius 2 is 1.90 bits per heavy atom. The predicted octanol–water partition coefficient (Wildman–Crippen LogP) is 1.40. The van der Waals surface area contributed by atoms with Crippen LogP contribution >= 0.6 is 0 Å². The van der Waals surface area contributed by atoms with Gasteiger partial charge in [-0.05, 0) is 32.1 Å². The minimum atomic E-state index is -0.941. The Morgan fingerprint density at radius 3 is 2.40 bits per heavy atom. The SMILES string of the molecule is CC1CC(C)N(C(=O)N2CCC(OCC(=O)O)CC2)C1. The summed E-state index contributed by atoms with van der Waals surface area (Å²) in [4.78, 5) is 26.7. The Hall–Kier alpha value is -1.30. The van der Waals surface area contributed by atoms with E-state index in [9.17, 15) is 9.59 Å². The summed E-state index contributed by atoms with van der Waals surface area (Å²) in [5.41, 5.74) is 0. The minimum absolute atomic E-state index is 0.0370. The zero-order chi connectivity index (χ0) is 14.7. The monoisotopic (exact) mass is 284 g/mol. The van der Waals surface area contributed by atoms with Gasteiger partial charge >= 0.3 is 12.0 Å². The van der Waals surface area contributed by atoms with Gasteiger partial charge in [-0.2, -0.15) is 0 Å². The largest absolute Gasteiger partial charge is 0.480 e. The first kappa shape index (κ1) is 15.1. The fourth-order valence-corrected chi connectivity index (χ4v) is 3.15. The fourth-order valence-electron chi connectivity index (χ4n) is 3.15. The second-order valence-electron chi connectivity index (χ2n) is 6.02. The summed E-state index contributed by atoms with van der Waals surface area (Å²) in [6, 6.07) is 0.442. The molecule has 0 saturated carbocycles. The number of piperidine rings is 1. The molecule has 0 aromatic carbocycles. The van der Waals surface area contributed by atoms with E-state index in [0.29, 0.717) is 25.0 Å². The van der Waals surface area contributed by atoms with E-state index >= 15 is 0 Å². The molecule has 0 aromatic rings. The first-order valence-electron chi connectivity index (χ1n) is 7.36. The van der Waals surface area contributed by atoms with Crippen molar-refractivity contribution in [3.05, 3.63) is 0 Å². The highest BCUT2D eigenvalue weighted by atomic mass is 16.5. The highest BCUT2D eigenvalue weighted by Gasteiger charge is 2.34. The number of carboxylic acids is 1. The number of carbonyl (C=O) groups is 2. The van der Waals surface area contributed by atoms with Crippen molar-refractivity contribution in [2.45, 2.75) is 45.3 Å². The van der Waals surface area contributed by atoms with Gasteiger partial charge in [-0.3, -0.25) is 0 Å². The van der Waals surface area contributed by atoms with E-state index in [1.807, 2.05) is 9.80 Å². The van der Waals surface area contributed by atoms with Gasteiger partial charge in [0.1, 0.15) is 6.61 Å². The van der Waals surface area contributed by atoms with Gasteiger partial charge in [-0.25, -0.2) is 9.59 Å². The van der Waals surface area contributed by atoms with Crippen LogP contribution in [0, 0.1) is 5.92 Å². The molecule has 2 rings (SSSR count). The van der Waals surface area contributed by atoms with Crippen LogP contribution in [0.3, 0.4) is 0 Å². The number of hydrogen-bond acceptors (Lipinski definition) is 3. The van der Waals surface area contributed by atoms with E-state index in [0.717, 1.165) is 25.8 Å². The molecule has 6 nitrogen and oxygen atoms in total. The molecule has 0 radical (unpaired) electrons. The van der Waals surface area contributed by atoms with Crippen LogP contribution in [0.15, 0.2) is 0 Å². The number of amides is 2. The Bertz CT molecular complexity index is 366. The Balaban J connectivity index is 1.78. The first-order chi connectivity index (χ1) is 9.47. The third-order valence-electron chi connectivity index (χ3n) is 4.18. The van der Waals surface area contributed by atoms with E-state index in [-0.39, 0.29) is 18.7 Å². The van der Waals surface area contributed by atoms with E-state index < -0.39 is 5.97 Å². The van der Waals surface area contributed by atoms with Gasteiger partial charge in [0.2, 0.25) is 0 Å². The maximum atomic E-state index is 12.4. The van der Waals surface area contributed by atoms with E-state index in [2.05, 4.69) is 13.8 Å². The molecule has 114 valence electrons. The smallest absolute Gasteiger partial charge is 0.329 e. The number of carboxylic acid groups (broad SMARTS) is 1. The topological polar surface area (TPSA) is 70.1 Å². The summed E-state index contributed by atoms with van der Waals surface area (Å²) < 4.78 is 5.28. The van der Waals surface area contributed by atoms with Crippen molar-refractivity contribution >= 4 is 12.0 Å². The lowest BCUT2D eigenvalue weighted by Gasteiger charge is -2.35. The summed E-state index contributed by atoms with van der Waals surface area (Å²) in [7, 11) is 0. The van der Waals surface area contributed by atoms with Crippen molar-refractivity contribution in [1.29, 1.82) is 0 Å². The highest BCUT2D eigenvalue weighted by molar-refractivity contribution is 5.75. The van der Waals surface area contributed by atoms with Crippen LogP contribution in [-0.4, -0.2) is 65.3 Å². The van der Waals surface area contributed by atoms with E-state index in [4.69, 9.17) is 9.84 Å². The van der Waals surface area contributed by atoms with Crippen molar-refractivity contribution in [1.82, 2.24) is 9.80 Å². The molecule has 0 bridgehead atoms. The third-order valence-corrected chi connectivity index (χ3v) is 4.18. The van der Waals surface area contributed by atoms with Gasteiger partial charge < -0.3 is 19.6 Å². The molecule has 0 spiro atoms. The molecule has 0 aromatic heterocycles. The first-order valence-corrected chi connectivity index (χ1v) is 7.36. The molecule has 2 saturated heterocycles. The fraction of sp³-hybridized carbons (Fsp3) is 0.857. The van der Waals surface area contributed by atoms with Crippen LogP contribution in [0.25, 0.3) is 0 Å². The number of aliphatic carboxylic acids is 1. The summed E-state index contributed by atoms with van der Waals surface area (Å²) in [5.74, 6) is -0.367. The number of urea groups is 1. The maximum Gasteiger partial charge on any atom is 0.329 e. The number of likely N-dealkylation sites (tertiary alicyclic amines) is 2. The lowest BCUT2D eigenvalue weighted by atomic mass is 10.1. The predicted molar refractivity (Wildman–Crippen MR) is 73.5 cm³/mol. The summed E-state index contributed by atoms with van der Waals surface area (Å²) in [5, 5.41) is 8.59. The van der Waals surface area contributed by atoms with Crippen LogP contribution in [0.1, 0.15) is 33.1 Å². The second kappa shape index (κ2) is 6.43. The van der Waals surface area contributed by atoms with Crippen LogP contribution in [0.5, 0.6) is 0 Å². The minimum Gasteiger partial charge on any atom is -0.480 e. The average molecular weight is 284 g/mol. The van der Waals surface area contributed by atoms with Crippen molar-refractivity contribution in [2.75, 3.05) is 26.2 Å². The molecule has 1 N–H and O–H groups in total. The molecule has 0 aliphatic carbocycles. The average Bonchev–Trinajstić information content (AvgIpc) is 2.75. The molecule has 2 fully saturated rings. The molecule has 2 unspecified atom stereocenters. The highest BCUT2D eigenvalue weighted by Crippen LogP contribution is 2.25. The zero-order valence-corrected chi connectivity index (χ0v) is 12.2. The lowest BCUT2D eigenvalue weighted by Crippen LogP contribution is -2.49. The molecule has 6 heteroatoms. The van der Waals surface area contributed by atoms with Gasteiger partial charge in [-0.15, -0.1) is 0 Å². The third kappa shape index (κ3) is 3.62. The van der Waals surface area contributed by atoms with Gasteiger partial charge in [0.05, 0.1) is 6.10 Å². The van der Waals surface area contributed by atoms with Gasteiger partial charge in [-0.1, -0.05) is 6.92 Å². The maximum absolute atomic E-state index is 12.4. The standard InChI is InChI=1S/C14H24N2O4/c1-10-7-11(2)16(8-10)14(19)15-5-3-12(4-6-15)20-9-13(17)18/h10-12H,3-9H2,1-2H3,(H,17,18). The lowest BCUT2D eigenvalue weighted by molar-refractivity contribution is -0.145. The van der Waals surface area contributed by atoms with Crippen LogP contribution in [-0.2, 0) is 9.53 Å². The Kier molecular flexibility index (Phi) is 4.86. The number of hydrogen-bond donors (Lipinski definition) is 1. The number of ether oxygens (including phenoxy) is 1. The van der Waals surface area contributed by atoms with Gasteiger partial charge in [0.15, 0.2) is 0 Å². The molecule has 2 atom stereocenters. The summed E-state index contributed by atoms with van der Waals surface area (Å²) in [6.45, 7) is 6.18. The van der Waals surface area contributed by atoms with Crippen molar-refractivity contribution in [2.24, 2.45) is 5.92 Å². The molecule has 2 heterocycles. The normalized spacial score (nSPS) is 27.9. The Morgan fingerprint density at radius 1 is 1.25 bits per heavy atom. The van der Waals surface area contributed by atoms with Gasteiger partial charge in [0, 0.05) is 25.7 Å². The van der Waals surface area contributed by atoms with Gasteiger partial charge in [0.25, 0.3) is 0 Å². The Labute approximate surface area is 119 Å². The van der Waals surface area contributed by atoms with Crippen molar-refractivity contribution in [3.8, 4) is 0 Å². The molecular weight excluding hydrogens is 260 g/mol. The van der Waals surface area contributed by atoms with Crippen LogP contribution in [0.2, 0.25) is 0 Å². The second-order valence-corrected chi connectivity index (χ2v) is 6.02. The van der Waals surface area contributed by atoms with E-state index in [1.165, 1.54) is 0 Å².